The van der Waals surface area contributed by atoms with Crippen molar-refractivity contribution in [3.05, 3.63) is 43.0 Å². The van der Waals surface area contributed by atoms with Crippen LogP contribution in [-0.2, 0) is 4.79 Å². The van der Waals surface area contributed by atoms with Crippen LogP contribution < -0.4 is 9.80 Å². The number of hydrogen-bond donors (Lipinski definition) is 0. The van der Waals surface area contributed by atoms with Crippen LogP contribution in [0.2, 0.25) is 0 Å². The molecule has 0 spiro atoms. The predicted octanol–water partition coefficient (Wildman–Crippen LogP) is 3.31. The van der Waals surface area contributed by atoms with E-state index in [1.54, 1.807) is 0 Å². The van der Waals surface area contributed by atoms with E-state index in [9.17, 15) is 4.79 Å². The fourth-order valence-corrected chi connectivity index (χ4v) is 5.37. The molecule has 3 saturated heterocycles. The lowest BCUT2D eigenvalue weighted by molar-refractivity contribution is -0.117. The van der Waals surface area contributed by atoms with Gasteiger partial charge in [0, 0.05) is 74.5 Å². The zero-order chi connectivity index (χ0) is 19.8. The van der Waals surface area contributed by atoms with E-state index in [2.05, 4.69) is 56.7 Å². The number of likely N-dealkylation sites (tertiary alicyclic amines) is 1. The molecule has 2 atom stereocenters. The minimum absolute atomic E-state index is 0.255. The van der Waals surface area contributed by atoms with E-state index in [1.165, 1.54) is 31.5 Å². The molecule has 0 radical (unpaired) electrons. The number of anilines is 2. The molecule has 3 aliphatic heterocycles. The van der Waals surface area contributed by atoms with Crippen LogP contribution in [0.15, 0.2) is 43.0 Å². The first-order valence-electron chi connectivity index (χ1n) is 11.1. The van der Waals surface area contributed by atoms with Gasteiger partial charge in [-0.05, 0) is 56.9 Å². The first-order valence-corrected chi connectivity index (χ1v) is 11.1. The van der Waals surface area contributed by atoms with Gasteiger partial charge in [0.25, 0.3) is 0 Å². The Morgan fingerprint density at radius 1 is 0.931 bits per heavy atom. The molecular weight excluding hydrogens is 362 g/mol. The quantitative estimate of drug-likeness (QED) is 0.799. The normalized spacial score (nSPS) is 26.6. The molecule has 0 bridgehead atoms. The lowest BCUT2D eigenvalue weighted by atomic mass is 10.0. The average molecular weight is 394 g/mol. The average Bonchev–Trinajstić information content (AvgIpc) is 3.50. The van der Waals surface area contributed by atoms with Gasteiger partial charge in [0.2, 0.25) is 5.91 Å². The summed E-state index contributed by atoms with van der Waals surface area (Å²) in [5, 5.41) is 0. The van der Waals surface area contributed by atoms with Gasteiger partial charge >= 0.3 is 0 Å². The smallest absolute Gasteiger partial charge is 0.227 e. The van der Waals surface area contributed by atoms with Crippen LogP contribution in [0.25, 0.3) is 0 Å². The third kappa shape index (κ3) is 3.66. The largest absolute Gasteiger partial charge is 0.371 e. The molecule has 0 N–H and O–H groups in total. The summed E-state index contributed by atoms with van der Waals surface area (Å²) < 4.78 is 2.27. The lowest BCUT2D eigenvalue weighted by Gasteiger charge is -2.38. The summed E-state index contributed by atoms with van der Waals surface area (Å²) in [6.45, 7) is 6.70. The van der Waals surface area contributed by atoms with Crippen LogP contribution in [0.4, 0.5) is 11.4 Å². The first kappa shape index (κ1) is 18.7. The van der Waals surface area contributed by atoms with Gasteiger partial charge in [-0.1, -0.05) is 0 Å². The van der Waals surface area contributed by atoms with Crippen molar-refractivity contribution in [3.63, 3.8) is 0 Å². The van der Waals surface area contributed by atoms with Crippen molar-refractivity contribution in [1.29, 1.82) is 0 Å². The topological polar surface area (TPSA) is 44.6 Å². The Hall–Kier alpha value is -2.34. The van der Waals surface area contributed by atoms with Crippen molar-refractivity contribution < 1.29 is 4.79 Å². The van der Waals surface area contributed by atoms with E-state index >= 15 is 0 Å². The Bertz CT molecular complexity index is 825. The molecule has 0 aliphatic carbocycles. The SMILES string of the molecule is C[C@@H]1CCC(=O)N1c1ccc(N2CCC(N3CC[C@@H](n4ccnc4)C3)CC2)cc1. The molecule has 5 rings (SSSR count). The molecule has 154 valence electrons. The second-order valence-electron chi connectivity index (χ2n) is 8.83. The summed E-state index contributed by atoms with van der Waals surface area (Å²) >= 11 is 0. The number of benzene rings is 1. The molecule has 4 heterocycles. The first-order chi connectivity index (χ1) is 14.2. The highest BCUT2D eigenvalue weighted by atomic mass is 16.2. The summed E-state index contributed by atoms with van der Waals surface area (Å²) in [4.78, 5) is 23.5. The maximum Gasteiger partial charge on any atom is 0.227 e. The number of piperidine rings is 1. The van der Waals surface area contributed by atoms with E-state index in [1.807, 2.05) is 17.4 Å². The Kier molecular flexibility index (Phi) is 5.04. The molecular formula is C23H31N5O. The predicted molar refractivity (Wildman–Crippen MR) is 115 cm³/mol. The molecule has 6 nitrogen and oxygen atoms in total. The Balaban J connectivity index is 1.16. The van der Waals surface area contributed by atoms with Crippen molar-refractivity contribution in [3.8, 4) is 0 Å². The molecule has 1 aromatic carbocycles. The van der Waals surface area contributed by atoms with E-state index in [0.29, 0.717) is 24.5 Å². The number of carbonyl (C=O) groups is 1. The van der Waals surface area contributed by atoms with E-state index in [0.717, 1.165) is 31.7 Å². The van der Waals surface area contributed by atoms with Crippen molar-refractivity contribution in [2.45, 2.75) is 57.2 Å². The Morgan fingerprint density at radius 2 is 1.66 bits per heavy atom. The fourth-order valence-electron chi connectivity index (χ4n) is 5.37. The summed E-state index contributed by atoms with van der Waals surface area (Å²) in [6, 6.07) is 10.2. The molecule has 0 unspecified atom stereocenters. The number of aromatic nitrogens is 2. The summed E-state index contributed by atoms with van der Waals surface area (Å²) in [7, 11) is 0. The van der Waals surface area contributed by atoms with Crippen molar-refractivity contribution in [1.82, 2.24) is 14.5 Å². The summed E-state index contributed by atoms with van der Waals surface area (Å²) in [5.41, 5.74) is 2.32. The second kappa shape index (κ2) is 7.82. The second-order valence-corrected chi connectivity index (χ2v) is 8.83. The van der Waals surface area contributed by atoms with Gasteiger partial charge in [-0.15, -0.1) is 0 Å². The van der Waals surface area contributed by atoms with Crippen LogP contribution in [-0.4, -0.2) is 58.6 Å². The van der Waals surface area contributed by atoms with Crippen LogP contribution in [0, 0.1) is 0 Å². The monoisotopic (exact) mass is 393 g/mol. The van der Waals surface area contributed by atoms with Gasteiger partial charge in [0.1, 0.15) is 0 Å². The maximum absolute atomic E-state index is 12.1. The van der Waals surface area contributed by atoms with Crippen molar-refractivity contribution >= 4 is 17.3 Å². The van der Waals surface area contributed by atoms with Crippen LogP contribution in [0.3, 0.4) is 0 Å². The van der Waals surface area contributed by atoms with Crippen LogP contribution in [0.1, 0.15) is 45.1 Å². The van der Waals surface area contributed by atoms with Crippen LogP contribution in [0.5, 0.6) is 0 Å². The Labute approximate surface area is 173 Å². The molecule has 3 aliphatic rings. The molecule has 29 heavy (non-hydrogen) atoms. The fraction of sp³-hybridized carbons (Fsp3) is 0.565. The summed E-state index contributed by atoms with van der Waals surface area (Å²) in [6.07, 6.45) is 11.2. The van der Waals surface area contributed by atoms with Gasteiger partial charge in [0.15, 0.2) is 0 Å². The third-order valence-electron chi connectivity index (χ3n) is 7.10. The summed E-state index contributed by atoms with van der Waals surface area (Å²) in [5.74, 6) is 0.255. The van der Waals surface area contributed by atoms with Gasteiger partial charge in [0.05, 0.1) is 6.33 Å². The van der Waals surface area contributed by atoms with Gasteiger partial charge in [-0.2, -0.15) is 0 Å². The molecule has 6 heteroatoms. The number of imidazole rings is 1. The van der Waals surface area contributed by atoms with Crippen LogP contribution >= 0.6 is 0 Å². The number of amides is 1. The number of nitrogens with zero attached hydrogens (tertiary/aromatic N) is 5. The molecule has 1 amide bonds. The van der Waals surface area contributed by atoms with Crippen molar-refractivity contribution in [2.24, 2.45) is 0 Å². The molecule has 1 aromatic heterocycles. The number of hydrogen-bond acceptors (Lipinski definition) is 4. The molecule has 3 fully saturated rings. The van der Waals surface area contributed by atoms with E-state index in [-0.39, 0.29) is 5.91 Å². The highest BCUT2D eigenvalue weighted by Crippen LogP contribution is 2.31. The third-order valence-corrected chi connectivity index (χ3v) is 7.10. The highest BCUT2D eigenvalue weighted by Gasteiger charge is 2.32. The molecule has 0 saturated carbocycles. The zero-order valence-corrected chi connectivity index (χ0v) is 17.3. The minimum atomic E-state index is 0.255. The van der Waals surface area contributed by atoms with Gasteiger partial charge < -0.3 is 14.4 Å². The number of rotatable bonds is 4. The van der Waals surface area contributed by atoms with E-state index in [4.69, 9.17) is 0 Å². The van der Waals surface area contributed by atoms with Gasteiger partial charge in [-0.3, -0.25) is 9.69 Å². The zero-order valence-electron chi connectivity index (χ0n) is 17.3. The Morgan fingerprint density at radius 3 is 2.31 bits per heavy atom. The maximum atomic E-state index is 12.1. The lowest BCUT2D eigenvalue weighted by Crippen LogP contribution is -2.44. The minimum Gasteiger partial charge on any atom is -0.371 e. The van der Waals surface area contributed by atoms with Crippen molar-refractivity contribution in [2.75, 3.05) is 36.0 Å². The number of carbonyl (C=O) groups excluding carboxylic acids is 1. The molecule has 2 aromatic rings. The van der Waals surface area contributed by atoms with Gasteiger partial charge in [-0.25, -0.2) is 4.98 Å². The van der Waals surface area contributed by atoms with E-state index < -0.39 is 0 Å². The highest BCUT2D eigenvalue weighted by molar-refractivity contribution is 5.96. The standard InChI is InChI=1S/C23H31N5O/c1-18-2-7-23(29)28(18)21-5-3-19(4-6-21)25-12-8-20(9-13-25)26-14-10-22(16-26)27-15-11-24-17-27/h3-6,11,15,17-18,20,22H,2,7-10,12-14,16H2,1H3/t18-,22-/m1/s1.